The Labute approximate surface area is 175 Å². The van der Waals surface area contributed by atoms with Crippen molar-refractivity contribution in [2.24, 2.45) is 5.16 Å². The number of carbonyl (C=O) groups excluding carboxylic acids is 2. The van der Waals surface area contributed by atoms with Crippen molar-refractivity contribution in [3.63, 3.8) is 0 Å². The van der Waals surface area contributed by atoms with E-state index in [-0.39, 0.29) is 30.4 Å². The van der Waals surface area contributed by atoms with Crippen LogP contribution in [0.25, 0.3) is 0 Å². The Hall–Kier alpha value is -2.69. The predicted molar refractivity (Wildman–Crippen MR) is 99.5 cm³/mol. The van der Waals surface area contributed by atoms with Gasteiger partial charge in [0, 0.05) is 25.0 Å². The van der Waals surface area contributed by atoms with Crippen LogP contribution in [0.2, 0.25) is 0 Å². The van der Waals surface area contributed by atoms with Gasteiger partial charge < -0.3 is 19.6 Å². The maximum atomic E-state index is 14.5. The average Bonchev–Trinajstić information content (AvgIpc) is 3.27. The number of ether oxygens (including phenoxy) is 2. The summed E-state index contributed by atoms with van der Waals surface area (Å²) in [5.74, 6) is -7.33. The van der Waals surface area contributed by atoms with Gasteiger partial charge in [-0.3, -0.25) is 4.79 Å². The molecule has 170 valence electrons. The Morgan fingerprint density at radius 1 is 1.26 bits per heavy atom. The number of benzene rings is 1. The molecule has 1 fully saturated rings. The summed E-state index contributed by atoms with van der Waals surface area (Å²) >= 11 is 0. The maximum Gasteiger partial charge on any atom is 0.335 e. The van der Waals surface area contributed by atoms with Crippen LogP contribution < -0.4 is 5.32 Å². The minimum absolute atomic E-state index is 0.0332. The van der Waals surface area contributed by atoms with Gasteiger partial charge in [-0.25, -0.2) is 22.4 Å². The summed E-state index contributed by atoms with van der Waals surface area (Å²) < 4.78 is 66.3. The van der Waals surface area contributed by atoms with E-state index in [0.717, 1.165) is 12.1 Å². The number of esters is 1. The van der Waals surface area contributed by atoms with E-state index in [2.05, 4.69) is 10.5 Å². The first-order valence-corrected chi connectivity index (χ1v) is 9.63. The van der Waals surface area contributed by atoms with Gasteiger partial charge in [-0.1, -0.05) is 5.16 Å². The van der Waals surface area contributed by atoms with Crippen molar-refractivity contribution in [1.29, 1.82) is 0 Å². The molecule has 2 heterocycles. The number of amides is 1. The number of nitrogens with one attached hydrogen (secondary N) is 1. The summed E-state index contributed by atoms with van der Waals surface area (Å²) in [5, 5.41) is 5.92. The van der Waals surface area contributed by atoms with Crippen molar-refractivity contribution < 1.29 is 41.5 Å². The Bertz CT molecular complexity index is 882. The largest absolute Gasteiger partial charge is 0.461 e. The minimum atomic E-state index is -3.69. The Morgan fingerprint density at radius 2 is 1.90 bits per heavy atom. The van der Waals surface area contributed by atoms with Gasteiger partial charge in [0.25, 0.3) is 17.4 Å². The minimum Gasteiger partial charge on any atom is -0.461 e. The molecule has 7 nitrogen and oxygen atoms in total. The average molecular weight is 446 g/mol. The monoisotopic (exact) mass is 446 g/mol. The molecule has 0 aromatic heterocycles. The number of hydrogen-bond acceptors (Lipinski definition) is 6. The number of halogens is 4. The van der Waals surface area contributed by atoms with Gasteiger partial charge in [-0.2, -0.15) is 0 Å². The van der Waals surface area contributed by atoms with Crippen molar-refractivity contribution in [1.82, 2.24) is 5.32 Å². The van der Waals surface area contributed by atoms with E-state index >= 15 is 0 Å². The summed E-state index contributed by atoms with van der Waals surface area (Å²) in [5.41, 5.74) is -3.03. The van der Waals surface area contributed by atoms with E-state index in [1.54, 1.807) is 13.8 Å². The lowest BCUT2D eigenvalue weighted by Gasteiger charge is -2.31. The molecular formula is C20H22F4N2O5. The third kappa shape index (κ3) is 4.81. The van der Waals surface area contributed by atoms with Crippen LogP contribution in [0, 0.1) is 11.6 Å². The maximum absolute atomic E-state index is 14.5. The lowest BCUT2D eigenvalue weighted by Crippen LogP contribution is -2.59. The summed E-state index contributed by atoms with van der Waals surface area (Å²) in [6.45, 7) is 3.74. The molecule has 1 saturated heterocycles. The highest BCUT2D eigenvalue weighted by molar-refractivity contribution is 6.06. The molecule has 1 aromatic rings. The summed E-state index contributed by atoms with van der Waals surface area (Å²) in [6.07, 6.45) is -1.97. The molecule has 1 amide bonds. The third-order valence-corrected chi connectivity index (χ3v) is 4.95. The van der Waals surface area contributed by atoms with E-state index in [4.69, 9.17) is 14.3 Å². The molecule has 0 radical (unpaired) electrons. The van der Waals surface area contributed by atoms with Gasteiger partial charge in [-0.05, 0) is 26.0 Å². The van der Waals surface area contributed by atoms with Gasteiger partial charge in [0.15, 0.2) is 6.10 Å². The quantitative estimate of drug-likeness (QED) is 0.537. The molecule has 3 rings (SSSR count). The number of alkyl halides is 2. The smallest absolute Gasteiger partial charge is 0.335 e. The van der Waals surface area contributed by atoms with Gasteiger partial charge in [-0.15, -0.1) is 0 Å². The lowest BCUT2D eigenvalue weighted by atomic mass is 9.87. The molecule has 0 saturated carbocycles. The standard InChI is InChI=1S/C20H22F4N2O5/c1-10(2)30-17(27)16-7-14(9-29-16)25-18(28)20(19(3,23)24)8-15(26-31-20)11-4-12(21)6-13(22)5-11/h4-6,10,14,16H,7-9H2,1-3H3,(H,25,28)/t14?,16?,20-/m1/s1. The first-order chi connectivity index (χ1) is 14.4. The molecule has 2 unspecified atom stereocenters. The topological polar surface area (TPSA) is 86.2 Å². The fourth-order valence-corrected chi connectivity index (χ4v) is 3.37. The summed E-state index contributed by atoms with van der Waals surface area (Å²) in [7, 11) is 0. The van der Waals surface area contributed by atoms with Crippen LogP contribution in [0.5, 0.6) is 0 Å². The zero-order chi connectivity index (χ0) is 23.0. The van der Waals surface area contributed by atoms with Crippen LogP contribution in [0.3, 0.4) is 0 Å². The molecule has 0 aliphatic carbocycles. The molecule has 0 spiro atoms. The van der Waals surface area contributed by atoms with Crippen LogP contribution >= 0.6 is 0 Å². The molecule has 1 aromatic carbocycles. The lowest BCUT2D eigenvalue weighted by molar-refractivity contribution is -0.195. The Morgan fingerprint density at radius 3 is 2.48 bits per heavy atom. The number of oxime groups is 1. The van der Waals surface area contributed by atoms with Gasteiger partial charge in [0.05, 0.1) is 30.9 Å². The van der Waals surface area contributed by atoms with Crippen molar-refractivity contribution in [2.75, 3.05) is 6.61 Å². The van der Waals surface area contributed by atoms with Crippen LogP contribution in [-0.4, -0.2) is 54.0 Å². The summed E-state index contributed by atoms with van der Waals surface area (Å²) in [6, 6.07) is 1.69. The highest BCUT2D eigenvalue weighted by Gasteiger charge is 2.63. The second-order valence-corrected chi connectivity index (χ2v) is 7.89. The van der Waals surface area contributed by atoms with Crippen LogP contribution in [0.1, 0.15) is 39.2 Å². The first kappa shape index (κ1) is 23.0. The number of carbonyl (C=O) groups is 2. The Balaban J connectivity index is 1.72. The van der Waals surface area contributed by atoms with Gasteiger partial charge >= 0.3 is 5.97 Å². The fourth-order valence-electron chi connectivity index (χ4n) is 3.37. The molecule has 31 heavy (non-hydrogen) atoms. The predicted octanol–water partition coefficient (Wildman–Crippen LogP) is 2.71. The first-order valence-electron chi connectivity index (χ1n) is 9.63. The molecular weight excluding hydrogens is 424 g/mol. The van der Waals surface area contributed by atoms with Crippen molar-refractivity contribution >= 4 is 17.6 Å². The van der Waals surface area contributed by atoms with Crippen molar-refractivity contribution in [3.05, 3.63) is 35.4 Å². The molecule has 3 atom stereocenters. The highest BCUT2D eigenvalue weighted by Crippen LogP contribution is 2.40. The number of nitrogens with zero attached hydrogens (tertiary/aromatic N) is 1. The van der Waals surface area contributed by atoms with Crippen LogP contribution in [-0.2, 0) is 23.9 Å². The second kappa shape index (κ2) is 8.45. The zero-order valence-electron chi connectivity index (χ0n) is 17.1. The SMILES string of the molecule is CC(C)OC(=O)C1CC(NC(=O)[C@@]2(C(C)(F)F)CC(c3cc(F)cc(F)c3)=NO2)CO1. The molecule has 0 bridgehead atoms. The summed E-state index contributed by atoms with van der Waals surface area (Å²) in [4.78, 5) is 29.7. The normalized spacial score (nSPS) is 25.9. The van der Waals surface area contributed by atoms with Crippen LogP contribution in [0.4, 0.5) is 17.6 Å². The molecule has 2 aliphatic heterocycles. The second-order valence-electron chi connectivity index (χ2n) is 7.89. The van der Waals surface area contributed by atoms with Crippen molar-refractivity contribution in [3.8, 4) is 0 Å². The zero-order valence-corrected chi connectivity index (χ0v) is 17.1. The van der Waals surface area contributed by atoms with E-state index in [1.165, 1.54) is 0 Å². The fraction of sp³-hybridized carbons (Fsp3) is 0.550. The van der Waals surface area contributed by atoms with E-state index in [1.807, 2.05) is 0 Å². The number of rotatable bonds is 6. The molecule has 11 heteroatoms. The van der Waals surface area contributed by atoms with Crippen LogP contribution in [0.15, 0.2) is 23.4 Å². The van der Waals surface area contributed by atoms with Crippen molar-refractivity contribution in [2.45, 2.75) is 63.4 Å². The Kier molecular flexibility index (Phi) is 6.26. The third-order valence-electron chi connectivity index (χ3n) is 4.95. The van der Waals surface area contributed by atoms with E-state index in [9.17, 15) is 27.2 Å². The van der Waals surface area contributed by atoms with E-state index in [0.29, 0.717) is 13.0 Å². The molecule has 1 N–H and O–H groups in total. The highest BCUT2D eigenvalue weighted by atomic mass is 19.3. The van der Waals surface area contributed by atoms with E-state index < -0.39 is 53.6 Å². The number of hydrogen-bond donors (Lipinski definition) is 1. The van der Waals surface area contributed by atoms with Gasteiger partial charge in [0.1, 0.15) is 11.6 Å². The van der Waals surface area contributed by atoms with Gasteiger partial charge in [0.2, 0.25) is 0 Å². The molecule has 2 aliphatic rings.